The lowest BCUT2D eigenvalue weighted by molar-refractivity contribution is -0.118. The molecule has 0 saturated heterocycles. The molecule has 12 heavy (non-hydrogen) atoms. The molecule has 0 bridgehead atoms. The third-order valence-electron chi connectivity index (χ3n) is 1.46. The van der Waals surface area contributed by atoms with Gasteiger partial charge in [0.05, 0.1) is 11.9 Å². The van der Waals surface area contributed by atoms with Crippen molar-refractivity contribution in [1.29, 1.82) is 0 Å². The van der Waals surface area contributed by atoms with Gasteiger partial charge in [-0.05, 0) is 6.92 Å². The van der Waals surface area contributed by atoms with E-state index in [4.69, 9.17) is 11.5 Å². The standard InChI is InChI=1S/C8H17N3O/c1-5(2)8(10)11-6(3)4-7(9)12/h5-6H,4H2,1-3H3,(H2,9,12)(H2,10,11). The Kier molecular flexibility index (Phi) is 4.33. The topological polar surface area (TPSA) is 81.5 Å². The Morgan fingerprint density at radius 3 is 2.17 bits per heavy atom. The van der Waals surface area contributed by atoms with Crippen LogP contribution < -0.4 is 11.5 Å². The molecule has 4 N–H and O–H groups in total. The van der Waals surface area contributed by atoms with Gasteiger partial charge in [0.1, 0.15) is 0 Å². The van der Waals surface area contributed by atoms with Gasteiger partial charge in [-0.2, -0.15) is 0 Å². The molecule has 0 aliphatic heterocycles. The van der Waals surface area contributed by atoms with E-state index in [1.807, 2.05) is 20.8 Å². The number of rotatable bonds is 4. The highest BCUT2D eigenvalue weighted by atomic mass is 16.1. The monoisotopic (exact) mass is 171 g/mol. The van der Waals surface area contributed by atoms with E-state index in [2.05, 4.69) is 4.99 Å². The number of amidine groups is 1. The third-order valence-corrected chi connectivity index (χ3v) is 1.46. The van der Waals surface area contributed by atoms with E-state index >= 15 is 0 Å². The predicted molar refractivity (Wildman–Crippen MR) is 49.7 cm³/mol. The van der Waals surface area contributed by atoms with Crippen molar-refractivity contribution in [3.8, 4) is 0 Å². The zero-order chi connectivity index (χ0) is 9.72. The molecule has 0 aromatic rings. The number of amides is 1. The highest BCUT2D eigenvalue weighted by Gasteiger charge is 2.06. The molecule has 1 amide bonds. The fourth-order valence-corrected chi connectivity index (χ4v) is 0.740. The summed E-state index contributed by atoms with van der Waals surface area (Å²) in [4.78, 5) is 14.6. The summed E-state index contributed by atoms with van der Waals surface area (Å²) >= 11 is 0. The molecule has 4 heteroatoms. The van der Waals surface area contributed by atoms with E-state index in [1.165, 1.54) is 0 Å². The van der Waals surface area contributed by atoms with Crippen LogP contribution in [0.25, 0.3) is 0 Å². The molecular weight excluding hydrogens is 154 g/mol. The summed E-state index contributed by atoms with van der Waals surface area (Å²) in [5.41, 5.74) is 10.6. The van der Waals surface area contributed by atoms with Crippen LogP contribution >= 0.6 is 0 Å². The molecule has 1 atom stereocenters. The second kappa shape index (κ2) is 4.74. The number of nitrogens with two attached hydrogens (primary N) is 2. The fraction of sp³-hybridized carbons (Fsp3) is 0.750. The number of hydrogen-bond acceptors (Lipinski definition) is 2. The van der Waals surface area contributed by atoms with Crippen LogP contribution in [0.3, 0.4) is 0 Å². The van der Waals surface area contributed by atoms with Crippen LogP contribution in [-0.4, -0.2) is 17.8 Å². The normalized spacial score (nSPS) is 14.8. The predicted octanol–water partition coefficient (Wildman–Crippen LogP) is 0.263. The van der Waals surface area contributed by atoms with Crippen LogP contribution in [0.4, 0.5) is 0 Å². The Hall–Kier alpha value is -1.06. The van der Waals surface area contributed by atoms with Gasteiger partial charge < -0.3 is 11.5 Å². The molecule has 0 fully saturated rings. The zero-order valence-electron chi connectivity index (χ0n) is 7.87. The quantitative estimate of drug-likeness (QED) is 0.470. The highest BCUT2D eigenvalue weighted by Crippen LogP contribution is 1.99. The number of hydrogen-bond donors (Lipinski definition) is 2. The van der Waals surface area contributed by atoms with Crippen LogP contribution in [-0.2, 0) is 4.79 Å². The Morgan fingerprint density at radius 2 is 1.83 bits per heavy atom. The lowest BCUT2D eigenvalue weighted by atomic mass is 10.2. The van der Waals surface area contributed by atoms with Crippen LogP contribution in [0.15, 0.2) is 4.99 Å². The van der Waals surface area contributed by atoms with Crippen molar-refractivity contribution in [2.24, 2.45) is 22.4 Å². The molecule has 4 nitrogen and oxygen atoms in total. The fourth-order valence-electron chi connectivity index (χ4n) is 0.740. The summed E-state index contributed by atoms with van der Waals surface area (Å²) in [7, 11) is 0. The van der Waals surface area contributed by atoms with Gasteiger partial charge in [0, 0.05) is 12.3 Å². The molecule has 0 rings (SSSR count). The van der Waals surface area contributed by atoms with E-state index in [-0.39, 0.29) is 24.3 Å². The maximum absolute atomic E-state index is 10.5. The summed E-state index contributed by atoms with van der Waals surface area (Å²) in [6.45, 7) is 5.73. The van der Waals surface area contributed by atoms with Gasteiger partial charge in [-0.1, -0.05) is 13.8 Å². The molecule has 0 heterocycles. The minimum absolute atomic E-state index is 0.107. The lowest BCUT2D eigenvalue weighted by Gasteiger charge is -2.08. The summed E-state index contributed by atoms with van der Waals surface area (Å²) in [6, 6.07) is -0.107. The highest BCUT2D eigenvalue weighted by molar-refractivity contribution is 5.82. The summed E-state index contributed by atoms with van der Waals surface area (Å²) < 4.78 is 0. The molecule has 0 aliphatic carbocycles. The SMILES string of the molecule is CC(CC(N)=O)N=C(N)C(C)C. The molecule has 70 valence electrons. The third kappa shape index (κ3) is 4.71. The van der Waals surface area contributed by atoms with Crippen molar-refractivity contribution in [3.05, 3.63) is 0 Å². The van der Waals surface area contributed by atoms with Crippen LogP contribution in [0.1, 0.15) is 27.2 Å². The van der Waals surface area contributed by atoms with Crippen LogP contribution in [0, 0.1) is 5.92 Å². The van der Waals surface area contributed by atoms with Crippen molar-refractivity contribution in [2.75, 3.05) is 0 Å². The largest absolute Gasteiger partial charge is 0.387 e. The molecule has 0 aromatic carbocycles. The van der Waals surface area contributed by atoms with Crippen LogP contribution in [0.5, 0.6) is 0 Å². The summed E-state index contributed by atoms with van der Waals surface area (Å²) in [6.07, 6.45) is 0.257. The first-order chi connectivity index (χ1) is 5.43. The zero-order valence-corrected chi connectivity index (χ0v) is 7.87. The minimum Gasteiger partial charge on any atom is -0.387 e. The molecular formula is C8H17N3O. The van der Waals surface area contributed by atoms with Gasteiger partial charge in [-0.25, -0.2) is 0 Å². The van der Waals surface area contributed by atoms with Gasteiger partial charge in [-0.3, -0.25) is 9.79 Å². The molecule has 0 radical (unpaired) electrons. The van der Waals surface area contributed by atoms with E-state index in [1.54, 1.807) is 0 Å². The first-order valence-electron chi connectivity index (χ1n) is 4.05. The van der Waals surface area contributed by atoms with Crippen molar-refractivity contribution in [3.63, 3.8) is 0 Å². The first-order valence-corrected chi connectivity index (χ1v) is 4.05. The van der Waals surface area contributed by atoms with Gasteiger partial charge >= 0.3 is 0 Å². The molecule has 0 saturated carbocycles. The second-order valence-corrected chi connectivity index (χ2v) is 3.23. The van der Waals surface area contributed by atoms with E-state index in [9.17, 15) is 4.79 Å². The Balaban J connectivity index is 4.04. The van der Waals surface area contributed by atoms with E-state index in [0.717, 1.165) is 0 Å². The minimum atomic E-state index is -0.345. The number of carbonyl (C=O) groups excluding carboxylic acids is 1. The van der Waals surface area contributed by atoms with Gasteiger partial charge in [0.2, 0.25) is 5.91 Å². The molecule has 1 unspecified atom stereocenters. The number of carbonyl (C=O) groups is 1. The molecule has 0 aromatic heterocycles. The summed E-state index contributed by atoms with van der Waals surface area (Å²) in [5, 5.41) is 0. The maximum Gasteiger partial charge on any atom is 0.219 e. The van der Waals surface area contributed by atoms with E-state index < -0.39 is 0 Å². The number of aliphatic imine (C=N–C) groups is 1. The van der Waals surface area contributed by atoms with Crippen molar-refractivity contribution in [2.45, 2.75) is 33.2 Å². The number of primary amides is 1. The van der Waals surface area contributed by atoms with Crippen molar-refractivity contribution in [1.82, 2.24) is 0 Å². The summed E-state index contributed by atoms with van der Waals surface area (Å²) in [5.74, 6) is 0.451. The van der Waals surface area contributed by atoms with Gasteiger partial charge in [0.25, 0.3) is 0 Å². The second-order valence-electron chi connectivity index (χ2n) is 3.23. The lowest BCUT2D eigenvalue weighted by Crippen LogP contribution is -2.23. The van der Waals surface area contributed by atoms with Crippen molar-refractivity contribution < 1.29 is 4.79 Å². The molecule has 0 aliphatic rings. The smallest absolute Gasteiger partial charge is 0.219 e. The number of nitrogens with zero attached hydrogens (tertiary/aromatic N) is 1. The molecule has 0 spiro atoms. The van der Waals surface area contributed by atoms with Crippen LogP contribution in [0.2, 0.25) is 0 Å². The van der Waals surface area contributed by atoms with E-state index in [0.29, 0.717) is 5.84 Å². The average molecular weight is 171 g/mol. The first kappa shape index (κ1) is 10.9. The Morgan fingerprint density at radius 1 is 1.33 bits per heavy atom. The Labute approximate surface area is 73.0 Å². The van der Waals surface area contributed by atoms with Crippen molar-refractivity contribution >= 4 is 11.7 Å². The maximum atomic E-state index is 10.5. The van der Waals surface area contributed by atoms with Gasteiger partial charge in [0.15, 0.2) is 0 Å². The van der Waals surface area contributed by atoms with Gasteiger partial charge in [-0.15, -0.1) is 0 Å². The average Bonchev–Trinajstić information content (AvgIpc) is 1.84. The Bertz CT molecular complexity index is 187.